The van der Waals surface area contributed by atoms with Crippen LogP contribution in [0.3, 0.4) is 0 Å². The summed E-state index contributed by atoms with van der Waals surface area (Å²) in [7, 11) is 0. The zero-order valence-corrected chi connectivity index (χ0v) is 13.2. The van der Waals surface area contributed by atoms with Gasteiger partial charge in [-0.2, -0.15) is 0 Å². The Kier molecular flexibility index (Phi) is 6.11. The quantitative estimate of drug-likeness (QED) is 0.834. The van der Waals surface area contributed by atoms with Crippen molar-refractivity contribution in [2.24, 2.45) is 5.92 Å². The van der Waals surface area contributed by atoms with Gasteiger partial charge in [0.2, 0.25) is 0 Å². The summed E-state index contributed by atoms with van der Waals surface area (Å²) in [5, 5.41) is 2.88. The number of amides is 1. The molecule has 0 spiro atoms. The molecule has 0 bridgehead atoms. The van der Waals surface area contributed by atoms with E-state index in [9.17, 15) is 4.79 Å². The molecule has 0 aromatic rings. The fraction of sp³-hybridized carbons (Fsp3) is 0.688. The van der Waals surface area contributed by atoms with Crippen molar-refractivity contribution >= 4 is 6.09 Å². The van der Waals surface area contributed by atoms with Crippen LogP contribution in [-0.2, 0) is 9.47 Å². The van der Waals surface area contributed by atoms with Gasteiger partial charge < -0.3 is 14.8 Å². The van der Waals surface area contributed by atoms with E-state index >= 15 is 0 Å². The van der Waals surface area contributed by atoms with Crippen LogP contribution in [0.5, 0.6) is 0 Å². The molecule has 114 valence electrons. The first-order chi connectivity index (χ1) is 9.28. The number of hydrogen-bond acceptors (Lipinski definition) is 3. The summed E-state index contributed by atoms with van der Waals surface area (Å²) >= 11 is 0. The summed E-state index contributed by atoms with van der Waals surface area (Å²) in [6.45, 7) is 10.1. The van der Waals surface area contributed by atoms with Gasteiger partial charge >= 0.3 is 6.09 Å². The molecule has 0 aromatic heterocycles. The van der Waals surface area contributed by atoms with E-state index in [1.807, 2.05) is 32.9 Å². The molecule has 1 amide bonds. The highest BCUT2D eigenvalue weighted by atomic mass is 16.6. The maximum absolute atomic E-state index is 11.8. The lowest BCUT2D eigenvalue weighted by Gasteiger charge is -2.26. The van der Waals surface area contributed by atoms with E-state index in [-0.39, 0.29) is 12.0 Å². The number of rotatable bonds is 5. The Morgan fingerprint density at radius 2 is 2.10 bits per heavy atom. The largest absolute Gasteiger partial charge is 0.496 e. The third-order valence-electron chi connectivity index (χ3n) is 2.93. The molecule has 0 saturated heterocycles. The van der Waals surface area contributed by atoms with Crippen LogP contribution >= 0.6 is 0 Å². The SMILES string of the molecule is CC(C)[C@H](COC1=CC=CCC1)NC(=O)OC(C)(C)C. The van der Waals surface area contributed by atoms with Gasteiger partial charge in [0.25, 0.3) is 0 Å². The summed E-state index contributed by atoms with van der Waals surface area (Å²) in [4.78, 5) is 11.8. The van der Waals surface area contributed by atoms with Crippen molar-refractivity contribution in [1.82, 2.24) is 5.32 Å². The van der Waals surface area contributed by atoms with E-state index in [2.05, 4.69) is 25.2 Å². The molecule has 1 rings (SSSR count). The summed E-state index contributed by atoms with van der Waals surface area (Å²) in [5.74, 6) is 1.26. The molecule has 0 aromatic carbocycles. The van der Waals surface area contributed by atoms with Crippen LogP contribution < -0.4 is 5.32 Å². The fourth-order valence-corrected chi connectivity index (χ4v) is 1.76. The highest BCUT2D eigenvalue weighted by Crippen LogP contribution is 2.15. The van der Waals surface area contributed by atoms with Gasteiger partial charge in [-0.1, -0.05) is 26.0 Å². The predicted octanol–water partition coefficient (Wildman–Crippen LogP) is 3.79. The average molecular weight is 281 g/mol. The van der Waals surface area contributed by atoms with Gasteiger partial charge in [-0.15, -0.1) is 0 Å². The maximum Gasteiger partial charge on any atom is 0.407 e. The van der Waals surface area contributed by atoms with Crippen LogP contribution in [-0.4, -0.2) is 24.3 Å². The Hall–Kier alpha value is -1.45. The molecule has 4 nitrogen and oxygen atoms in total. The monoisotopic (exact) mass is 281 g/mol. The maximum atomic E-state index is 11.8. The normalized spacial score (nSPS) is 16.6. The standard InChI is InChI=1S/C16H27NO3/c1-12(2)14(17-15(18)20-16(3,4)5)11-19-13-9-7-6-8-10-13/h6-7,9,12,14H,8,10-11H2,1-5H3,(H,17,18)/t14-/m0/s1. The highest BCUT2D eigenvalue weighted by molar-refractivity contribution is 5.68. The van der Waals surface area contributed by atoms with Crippen LogP contribution in [0.2, 0.25) is 0 Å². The molecule has 0 fully saturated rings. The summed E-state index contributed by atoms with van der Waals surface area (Å²) < 4.78 is 11.1. The molecule has 0 heterocycles. The zero-order valence-electron chi connectivity index (χ0n) is 13.2. The molecule has 0 radical (unpaired) electrons. The number of ether oxygens (including phenoxy) is 2. The Bertz CT molecular complexity index is 378. The van der Waals surface area contributed by atoms with E-state index in [4.69, 9.17) is 9.47 Å². The number of alkyl carbamates (subject to hydrolysis) is 1. The Labute approximate surface area is 122 Å². The van der Waals surface area contributed by atoms with Crippen molar-refractivity contribution in [1.29, 1.82) is 0 Å². The second-order valence-electron chi connectivity index (χ2n) is 6.41. The number of nitrogens with one attached hydrogen (secondary N) is 1. The molecule has 1 aliphatic rings. The first kappa shape index (κ1) is 16.6. The summed E-state index contributed by atoms with van der Waals surface area (Å²) in [5.41, 5.74) is -0.483. The molecule has 20 heavy (non-hydrogen) atoms. The lowest BCUT2D eigenvalue weighted by atomic mass is 10.1. The Balaban J connectivity index is 2.46. The first-order valence-corrected chi connectivity index (χ1v) is 7.26. The number of carbonyl (C=O) groups excluding carboxylic acids is 1. The third kappa shape index (κ3) is 6.64. The third-order valence-corrected chi connectivity index (χ3v) is 2.93. The number of allylic oxidation sites excluding steroid dienone is 4. The molecule has 4 heteroatoms. The Morgan fingerprint density at radius 3 is 2.60 bits per heavy atom. The first-order valence-electron chi connectivity index (χ1n) is 7.26. The number of carbonyl (C=O) groups is 1. The van der Waals surface area contributed by atoms with E-state index in [0.717, 1.165) is 18.6 Å². The van der Waals surface area contributed by atoms with Gasteiger partial charge in [-0.3, -0.25) is 0 Å². The Morgan fingerprint density at radius 1 is 1.40 bits per heavy atom. The molecule has 0 saturated carbocycles. The van der Waals surface area contributed by atoms with E-state index in [0.29, 0.717) is 6.61 Å². The molecule has 1 N–H and O–H groups in total. The molecular weight excluding hydrogens is 254 g/mol. The molecule has 0 aliphatic heterocycles. The van der Waals surface area contributed by atoms with Crippen LogP contribution in [0.15, 0.2) is 24.0 Å². The minimum absolute atomic E-state index is 0.0587. The van der Waals surface area contributed by atoms with Crippen molar-refractivity contribution in [3.8, 4) is 0 Å². The van der Waals surface area contributed by atoms with Crippen LogP contribution in [0, 0.1) is 5.92 Å². The molecule has 1 atom stereocenters. The predicted molar refractivity (Wildman–Crippen MR) is 80.4 cm³/mol. The second kappa shape index (κ2) is 7.36. The van der Waals surface area contributed by atoms with Crippen LogP contribution in [0.25, 0.3) is 0 Å². The van der Waals surface area contributed by atoms with Crippen molar-refractivity contribution in [2.45, 2.75) is 59.1 Å². The van der Waals surface area contributed by atoms with Crippen LogP contribution in [0.4, 0.5) is 4.79 Å². The van der Waals surface area contributed by atoms with E-state index in [1.54, 1.807) is 0 Å². The smallest absolute Gasteiger partial charge is 0.407 e. The average Bonchev–Trinajstić information content (AvgIpc) is 2.33. The van der Waals surface area contributed by atoms with Crippen molar-refractivity contribution in [3.63, 3.8) is 0 Å². The minimum atomic E-state index is -0.483. The highest BCUT2D eigenvalue weighted by Gasteiger charge is 2.22. The number of hydrogen-bond donors (Lipinski definition) is 1. The van der Waals surface area contributed by atoms with Gasteiger partial charge in [0.05, 0.1) is 11.8 Å². The van der Waals surface area contributed by atoms with Crippen molar-refractivity contribution in [2.75, 3.05) is 6.61 Å². The zero-order chi connectivity index (χ0) is 15.2. The topological polar surface area (TPSA) is 47.6 Å². The lowest BCUT2D eigenvalue weighted by Crippen LogP contribution is -2.44. The van der Waals surface area contributed by atoms with Crippen molar-refractivity contribution < 1.29 is 14.3 Å². The van der Waals surface area contributed by atoms with Gasteiger partial charge in [-0.25, -0.2) is 4.79 Å². The summed E-state index contributed by atoms with van der Waals surface area (Å²) in [6, 6.07) is -0.0587. The van der Waals surface area contributed by atoms with Crippen LogP contribution in [0.1, 0.15) is 47.5 Å². The van der Waals surface area contributed by atoms with Crippen molar-refractivity contribution in [3.05, 3.63) is 24.0 Å². The second-order valence-corrected chi connectivity index (χ2v) is 6.41. The van der Waals surface area contributed by atoms with Gasteiger partial charge in [0, 0.05) is 6.42 Å². The van der Waals surface area contributed by atoms with Gasteiger partial charge in [-0.05, 0) is 39.2 Å². The van der Waals surface area contributed by atoms with E-state index in [1.165, 1.54) is 0 Å². The fourth-order valence-electron chi connectivity index (χ4n) is 1.76. The lowest BCUT2D eigenvalue weighted by molar-refractivity contribution is 0.0446. The van der Waals surface area contributed by atoms with Gasteiger partial charge in [0.15, 0.2) is 0 Å². The summed E-state index contributed by atoms with van der Waals surface area (Å²) in [6.07, 6.45) is 7.65. The molecular formula is C16H27NO3. The molecule has 0 unspecified atom stereocenters. The minimum Gasteiger partial charge on any atom is -0.496 e. The molecule has 1 aliphatic carbocycles. The van der Waals surface area contributed by atoms with E-state index < -0.39 is 11.7 Å². The van der Waals surface area contributed by atoms with Gasteiger partial charge in [0.1, 0.15) is 12.2 Å².